The fourth-order valence-electron chi connectivity index (χ4n) is 2.89. The van der Waals surface area contributed by atoms with Crippen molar-refractivity contribution in [3.05, 3.63) is 35.9 Å². The van der Waals surface area contributed by atoms with Gasteiger partial charge >= 0.3 is 0 Å². The standard InChI is InChI=1S/C19H28N2O3/c1-3-5-12-21(13-6-4-2)19(23)18-17(20-16(22)14-24-18)15-10-8-7-9-11-15/h7-11,17-18H,3-6,12-14H2,1-2H3,(H,20,22)/t17-,18+/m1/s1. The number of morpholine rings is 1. The lowest BCUT2D eigenvalue weighted by Crippen LogP contribution is -2.53. The smallest absolute Gasteiger partial charge is 0.254 e. The van der Waals surface area contributed by atoms with Crippen molar-refractivity contribution in [3.8, 4) is 0 Å². The summed E-state index contributed by atoms with van der Waals surface area (Å²) in [4.78, 5) is 26.7. The first kappa shape index (κ1) is 18.5. The van der Waals surface area contributed by atoms with Crippen LogP contribution in [0.4, 0.5) is 0 Å². The lowest BCUT2D eigenvalue weighted by molar-refractivity contribution is -0.155. The average Bonchev–Trinajstić information content (AvgIpc) is 2.62. The summed E-state index contributed by atoms with van der Waals surface area (Å²) >= 11 is 0. The molecule has 1 aliphatic rings. The Morgan fingerprint density at radius 2 is 1.79 bits per heavy atom. The van der Waals surface area contributed by atoms with Crippen LogP contribution in [0.25, 0.3) is 0 Å². The third-order valence-electron chi connectivity index (χ3n) is 4.29. The van der Waals surface area contributed by atoms with Crippen LogP contribution in [0.15, 0.2) is 30.3 Å². The molecule has 1 aromatic rings. The normalized spacial score (nSPS) is 20.5. The van der Waals surface area contributed by atoms with E-state index in [1.54, 1.807) is 0 Å². The number of rotatable bonds is 8. The van der Waals surface area contributed by atoms with Gasteiger partial charge in [0.05, 0.1) is 6.04 Å². The summed E-state index contributed by atoms with van der Waals surface area (Å²) in [6.07, 6.45) is 3.38. The van der Waals surface area contributed by atoms with Gasteiger partial charge in [-0.1, -0.05) is 57.0 Å². The number of ether oxygens (including phenoxy) is 1. The molecular weight excluding hydrogens is 304 g/mol. The van der Waals surface area contributed by atoms with Crippen LogP contribution < -0.4 is 5.32 Å². The number of carbonyl (C=O) groups excluding carboxylic acids is 2. The van der Waals surface area contributed by atoms with Crippen molar-refractivity contribution >= 4 is 11.8 Å². The van der Waals surface area contributed by atoms with Gasteiger partial charge < -0.3 is 15.0 Å². The molecule has 0 unspecified atom stereocenters. The number of nitrogens with zero attached hydrogens (tertiary/aromatic N) is 1. The topological polar surface area (TPSA) is 58.6 Å². The van der Waals surface area contributed by atoms with E-state index < -0.39 is 12.1 Å². The van der Waals surface area contributed by atoms with Crippen LogP contribution in [-0.2, 0) is 14.3 Å². The predicted octanol–water partition coefficient (Wildman–Crippen LogP) is 2.67. The highest BCUT2D eigenvalue weighted by Gasteiger charge is 2.38. The maximum Gasteiger partial charge on any atom is 0.254 e. The lowest BCUT2D eigenvalue weighted by Gasteiger charge is -2.35. The largest absolute Gasteiger partial charge is 0.356 e. The Balaban J connectivity index is 2.17. The number of hydrogen-bond acceptors (Lipinski definition) is 3. The minimum absolute atomic E-state index is 0.0225. The first-order valence-corrected chi connectivity index (χ1v) is 8.92. The minimum atomic E-state index is -0.654. The number of amides is 2. The summed E-state index contributed by atoms with van der Waals surface area (Å²) < 4.78 is 5.66. The van der Waals surface area contributed by atoms with Gasteiger partial charge in [0.1, 0.15) is 6.61 Å². The maximum atomic E-state index is 13.1. The monoisotopic (exact) mass is 332 g/mol. The Bertz CT molecular complexity index is 525. The molecule has 1 saturated heterocycles. The van der Waals surface area contributed by atoms with Crippen molar-refractivity contribution in [1.82, 2.24) is 10.2 Å². The van der Waals surface area contributed by atoms with E-state index in [9.17, 15) is 9.59 Å². The highest BCUT2D eigenvalue weighted by Crippen LogP contribution is 2.24. The van der Waals surface area contributed by atoms with Crippen molar-refractivity contribution in [2.75, 3.05) is 19.7 Å². The van der Waals surface area contributed by atoms with Gasteiger partial charge in [-0.3, -0.25) is 9.59 Å². The van der Waals surface area contributed by atoms with Crippen LogP contribution in [0.5, 0.6) is 0 Å². The number of carbonyl (C=O) groups is 2. The fourth-order valence-corrected chi connectivity index (χ4v) is 2.89. The molecule has 1 heterocycles. The van der Waals surface area contributed by atoms with Gasteiger partial charge in [-0.25, -0.2) is 0 Å². The highest BCUT2D eigenvalue weighted by molar-refractivity contribution is 5.86. The SMILES string of the molecule is CCCCN(CCCC)C(=O)[C@H]1OCC(=O)N[C@@H]1c1ccccc1. The molecule has 0 saturated carbocycles. The molecule has 0 spiro atoms. The van der Waals surface area contributed by atoms with Crippen LogP contribution in [0.3, 0.4) is 0 Å². The Kier molecular flexibility index (Phi) is 7.25. The summed E-state index contributed by atoms with van der Waals surface area (Å²) in [7, 11) is 0. The third kappa shape index (κ3) is 4.81. The van der Waals surface area contributed by atoms with E-state index in [1.165, 1.54) is 0 Å². The summed E-state index contributed by atoms with van der Waals surface area (Å²) in [5.74, 6) is -0.202. The van der Waals surface area contributed by atoms with E-state index in [0.717, 1.165) is 44.3 Å². The zero-order valence-corrected chi connectivity index (χ0v) is 14.7. The van der Waals surface area contributed by atoms with Crippen LogP contribution in [-0.4, -0.2) is 42.5 Å². The number of hydrogen-bond donors (Lipinski definition) is 1. The number of nitrogens with one attached hydrogen (secondary N) is 1. The summed E-state index contributed by atoms with van der Waals surface area (Å²) in [6.45, 7) is 5.66. The van der Waals surface area contributed by atoms with E-state index in [1.807, 2.05) is 35.2 Å². The number of benzene rings is 1. The zero-order chi connectivity index (χ0) is 17.4. The van der Waals surface area contributed by atoms with Crippen LogP contribution in [0.1, 0.15) is 51.1 Å². The molecule has 2 amide bonds. The molecule has 1 N–H and O–H groups in total. The van der Waals surface area contributed by atoms with Gasteiger partial charge in [-0.2, -0.15) is 0 Å². The first-order chi connectivity index (χ1) is 11.7. The molecule has 0 aromatic heterocycles. The quantitative estimate of drug-likeness (QED) is 0.796. The maximum absolute atomic E-state index is 13.1. The molecule has 0 bridgehead atoms. The fraction of sp³-hybridized carbons (Fsp3) is 0.579. The second kappa shape index (κ2) is 9.42. The van der Waals surface area contributed by atoms with Crippen molar-refractivity contribution in [2.24, 2.45) is 0 Å². The lowest BCUT2D eigenvalue weighted by atomic mass is 9.98. The van der Waals surface area contributed by atoms with Crippen molar-refractivity contribution in [2.45, 2.75) is 51.7 Å². The molecule has 0 radical (unpaired) electrons. The van der Waals surface area contributed by atoms with Crippen molar-refractivity contribution in [3.63, 3.8) is 0 Å². The van der Waals surface area contributed by atoms with E-state index in [-0.39, 0.29) is 18.4 Å². The average molecular weight is 332 g/mol. The van der Waals surface area contributed by atoms with E-state index in [2.05, 4.69) is 19.2 Å². The summed E-state index contributed by atoms with van der Waals surface area (Å²) in [6, 6.07) is 9.14. The molecule has 132 valence electrons. The second-order valence-corrected chi connectivity index (χ2v) is 6.22. The van der Waals surface area contributed by atoms with Crippen molar-refractivity contribution in [1.29, 1.82) is 0 Å². The van der Waals surface area contributed by atoms with Crippen LogP contribution >= 0.6 is 0 Å². The molecule has 24 heavy (non-hydrogen) atoms. The zero-order valence-electron chi connectivity index (χ0n) is 14.7. The highest BCUT2D eigenvalue weighted by atomic mass is 16.5. The molecule has 1 aliphatic heterocycles. The van der Waals surface area contributed by atoms with Crippen LogP contribution in [0, 0.1) is 0 Å². The minimum Gasteiger partial charge on any atom is -0.356 e. The molecule has 5 nitrogen and oxygen atoms in total. The molecule has 5 heteroatoms. The second-order valence-electron chi connectivity index (χ2n) is 6.22. The van der Waals surface area contributed by atoms with Gasteiger partial charge in [0.25, 0.3) is 5.91 Å². The molecule has 1 aromatic carbocycles. The Morgan fingerprint density at radius 1 is 1.17 bits per heavy atom. The van der Waals surface area contributed by atoms with Crippen LogP contribution in [0.2, 0.25) is 0 Å². The summed E-state index contributed by atoms with van der Waals surface area (Å²) in [5.41, 5.74) is 0.898. The number of unbranched alkanes of at least 4 members (excludes halogenated alkanes) is 2. The van der Waals surface area contributed by atoms with Gasteiger partial charge in [-0.15, -0.1) is 0 Å². The molecule has 2 rings (SSSR count). The first-order valence-electron chi connectivity index (χ1n) is 8.92. The van der Waals surface area contributed by atoms with E-state index >= 15 is 0 Å². The molecule has 0 aliphatic carbocycles. The Labute approximate surface area is 144 Å². The van der Waals surface area contributed by atoms with Gasteiger partial charge in [0.15, 0.2) is 6.10 Å². The van der Waals surface area contributed by atoms with Gasteiger partial charge in [-0.05, 0) is 18.4 Å². The van der Waals surface area contributed by atoms with Crippen molar-refractivity contribution < 1.29 is 14.3 Å². The van der Waals surface area contributed by atoms with Gasteiger partial charge in [0.2, 0.25) is 5.91 Å². The molecular formula is C19H28N2O3. The summed E-state index contributed by atoms with van der Waals surface area (Å²) in [5, 5.41) is 2.92. The van der Waals surface area contributed by atoms with E-state index in [4.69, 9.17) is 4.74 Å². The Hall–Kier alpha value is -1.88. The predicted molar refractivity (Wildman–Crippen MR) is 93.5 cm³/mol. The third-order valence-corrected chi connectivity index (χ3v) is 4.29. The van der Waals surface area contributed by atoms with E-state index in [0.29, 0.717) is 0 Å². The Morgan fingerprint density at radius 3 is 2.38 bits per heavy atom. The molecule has 1 fully saturated rings. The molecule has 2 atom stereocenters. The van der Waals surface area contributed by atoms with Gasteiger partial charge in [0, 0.05) is 13.1 Å².